The number of carboxylic acid groups (broad SMARTS) is 1. The molecule has 2 aliphatic rings. The molecule has 4 rings (SSSR count). The van der Waals surface area contributed by atoms with Crippen molar-refractivity contribution in [2.24, 2.45) is 5.73 Å². The molecule has 2 fully saturated rings. The fraction of sp³-hybridized carbons (Fsp3) is 0.550. The van der Waals surface area contributed by atoms with Crippen molar-refractivity contribution in [3.8, 4) is 12.3 Å². The van der Waals surface area contributed by atoms with Gasteiger partial charge in [0.25, 0.3) is 5.91 Å². The number of ether oxygens (including phenoxy) is 2. The van der Waals surface area contributed by atoms with Gasteiger partial charge in [-0.1, -0.05) is 18.8 Å². The summed E-state index contributed by atoms with van der Waals surface area (Å²) in [7, 11) is 0. The molecule has 2 aromatic heterocycles. The lowest BCUT2D eigenvalue weighted by Gasteiger charge is -2.25. The summed E-state index contributed by atoms with van der Waals surface area (Å²) < 4.78 is 12.1. The summed E-state index contributed by atoms with van der Waals surface area (Å²) in [4.78, 5) is 35.2. The van der Waals surface area contributed by atoms with Gasteiger partial charge in [-0.3, -0.25) is 9.36 Å². The van der Waals surface area contributed by atoms with E-state index in [9.17, 15) is 19.8 Å². The zero-order valence-electron chi connectivity index (χ0n) is 17.8. The Labute approximate surface area is 198 Å². The first-order valence-corrected chi connectivity index (χ1v) is 10.9. The van der Waals surface area contributed by atoms with Gasteiger partial charge in [-0.15, -0.1) is 6.42 Å². The van der Waals surface area contributed by atoms with Crippen molar-refractivity contribution < 1.29 is 34.4 Å². The molecule has 5 atom stereocenters. The van der Waals surface area contributed by atoms with Gasteiger partial charge in [0.05, 0.1) is 12.9 Å². The van der Waals surface area contributed by atoms with Crippen LogP contribution in [0.2, 0.25) is 5.28 Å². The van der Waals surface area contributed by atoms with Crippen LogP contribution in [0.25, 0.3) is 11.2 Å². The van der Waals surface area contributed by atoms with Crippen LogP contribution < -0.4 is 11.1 Å². The minimum atomic E-state index is -2.29. The quantitative estimate of drug-likeness (QED) is 0.179. The third-order valence-corrected chi connectivity index (χ3v) is 6.18. The second-order valence-corrected chi connectivity index (χ2v) is 8.51. The van der Waals surface area contributed by atoms with Gasteiger partial charge in [-0.25, -0.2) is 9.78 Å². The Bertz CT molecular complexity index is 1130. The second-order valence-electron chi connectivity index (χ2n) is 8.17. The number of aliphatic hydroxyl groups excluding tert-OH is 1. The van der Waals surface area contributed by atoms with E-state index >= 15 is 0 Å². The third-order valence-electron chi connectivity index (χ3n) is 6.01. The van der Waals surface area contributed by atoms with Crippen LogP contribution in [0.5, 0.6) is 0 Å². The molecular formula is C20H23ClN6O7. The van der Waals surface area contributed by atoms with Gasteiger partial charge in [0.15, 0.2) is 28.8 Å². The first-order chi connectivity index (χ1) is 16.2. The Balaban J connectivity index is 1.63. The minimum absolute atomic E-state index is 0.0694. The van der Waals surface area contributed by atoms with Crippen molar-refractivity contribution in [1.82, 2.24) is 19.5 Å². The van der Waals surface area contributed by atoms with Crippen molar-refractivity contribution in [2.45, 2.75) is 61.9 Å². The number of rotatable bonds is 8. The molecule has 3 heterocycles. The maximum Gasteiger partial charge on any atom is 0.342 e. The van der Waals surface area contributed by atoms with Crippen molar-refractivity contribution in [3.05, 3.63) is 11.6 Å². The molecule has 182 valence electrons. The number of carbonyl (C=O) groups excluding carboxylic acids is 1. The lowest BCUT2D eigenvalue weighted by atomic mass is 9.93. The predicted molar refractivity (Wildman–Crippen MR) is 116 cm³/mol. The van der Waals surface area contributed by atoms with E-state index in [1.54, 1.807) is 0 Å². The highest BCUT2D eigenvalue weighted by atomic mass is 35.5. The second kappa shape index (κ2) is 9.32. The number of aliphatic hydroxyl groups is 2. The molecule has 34 heavy (non-hydrogen) atoms. The maximum atomic E-state index is 11.3. The zero-order chi connectivity index (χ0) is 24.6. The van der Waals surface area contributed by atoms with Crippen molar-refractivity contribution in [2.75, 3.05) is 11.9 Å². The Kier molecular flexibility index (Phi) is 6.61. The van der Waals surface area contributed by atoms with Crippen LogP contribution in [0, 0.1) is 12.3 Å². The third kappa shape index (κ3) is 4.26. The number of carboxylic acids is 1. The molecule has 1 saturated heterocycles. The van der Waals surface area contributed by atoms with Gasteiger partial charge in [0, 0.05) is 6.04 Å². The predicted octanol–water partition coefficient (Wildman–Crippen LogP) is -0.588. The van der Waals surface area contributed by atoms with Gasteiger partial charge in [-0.05, 0) is 24.4 Å². The molecule has 13 nitrogen and oxygen atoms in total. The van der Waals surface area contributed by atoms with Gasteiger partial charge in [0.2, 0.25) is 11.4 Å². The van der Waals surface area contributed by atoms with Gasteiger partial charge in [0.1, 0.15) is 12.2 Å². The molecule has 6 N–H and O–H groups in total. The number of hydrogen-bond donors (Lipinski definition) is 5. The Hall–Kier alpha value is -3.02. The fourth-order valence-electron chi connectivity index (χ4n) is 4.22. The number of halogens is 1. The molecule has 1 aliphatic carbocycles. The molecule has 1 amide bonds. The lowest BCUT2D eigenvalue weighted by molar-refractivity contribution is -0.161. The van der Waals surface area contributed by atoms with Crippen molar-refractivity contribution in [3.63, 3.8) is 0 Å². The van der Waals surface area contributed by atoms with Crippen molar-refractivity contribution in [1.29, 1.82) is 0 Å². The topological polar surface area (TPSA) is 195 Å². The summed E-state index contributed by atoms with van der Waals surface area (Å²) in [6.45, 7) is -0.648. The number of nitrogens with two attached hydrogens (primary N) is 1. The maximum absolute atomic E-state index is 11.3. The van der Waals surface area contributed by atoms with E-state index in [1.807, 2.05) is 0 Å². The minimum Gasteiger partial charge on any atom is -0.479 e. The van der Waals surface area contributed by atoms with Crippen LogP contribution in [-0.4, -0.2) is 83.3 Å². The Morgan fingerprint density at radius 1 is 1.44 bits per heavy atom. The number of carbonyl (C=O) groups is 2. The molecule has 2 aromatic rings. The SMILES string of the molecule is C#C[C@@]1(O)[C@@H](COC(C(N)=O)C(=O)O)O[C@@H](n2cnc3c(NC4CCCC4)nc(Cl)nc32)[C@@H]1O. The van der Waals surface area contributed by atoms with Crippen LogP contribution in [0.3, 0.4) is 0 Å². The highest BCUT2D eigenvalue weighted by Gasteiger charge is 2.56. The summed E-state index contributed by atoms with van der Waals surface area (Å²) in [5.41, 5.74) is 3.32. The zero-order valence-corrected chi connectivity index (χ0v) is 18.6. The van der Waals surface area contributed by atoms with E-state index in [0.717, 1.165) is 25.7 Å². The number of primary amides is 1. The average Bonchev–Trinajstić information content (AvgIpc) is 3.49. The van der Waals surface area contributed by atoms with Gasteiger partial charge < -0.3 is 35.8 Å². The largest absolute Gasteiger partial charge is 0.479 e. The molecule has 1 aliphatic heterocycles. The van der Waals surface area contributed by atoms with E-state index in [1.165, 1.54) is 10.9 Å². The summed E-state index contributed by atoms with van der Waals surface area (Å²) in [5, 5.41) is 34.1. The van der Waals surface area contributed by atoms with E-state index in [2.05, 4.69) is 26.2 Å². The highest BCUT2D eigenvalue weighted by Crippen LogP contribution is 2.39. The molecule has 0 bridgehead atoms. The number of terminal acetylenes is 1. The number of anilines is 1. The van der Waals surface area contributed by atoms with Crippen LogP contribution >= 0.6 is 11.6 Å². The first-order valence-electron chi connectivity index (χ1n) is 10.5. The number of imidazole rings is 1. The molecule has 1 saturated carbocycles. The highest BCUT2D eigenvalue weighted by molar-refractivity contribution is 6.28. The number of amides is 1. The van der Waals surface area contributed by atoms with E-state index in [0.29, 0.717) is 11.3 Å². The van der Waals surface area contributed by atoms with E-state index < -0.39 is 48.6 Å². The molecular weight excluding hydrogens is 472 g/mol. The Morgan fingerprint density at radius 2 is 2.15 bits per heavy atom. The summed E-state index contributed by atoms with van der Waals surface area (Å²) in [6, 6.07) is 0.216. The summed E-state index contributed by atoms with van der Waals surface area (Å²) >= 11 is 6.13. The summed E-state index contributed by atoms with van der Waals surface area (Å²) in [6.07, 6.45) is 4.55. The first kappa shape index (κ1) is 24.1. The van der Waals surface area contributed by atoms with E-state index in [-0.39, 0.29) is 17.0 Å². The normalized spacial score (nSPS) is 28.1. The number of nitrogens with one attached hydrogen (secondary N) is 1. The lowest BCUT2D eigenvalue weighted by Crippen LogP contribution is -2.49. The number of nitrogens with zero attached hydrogens (tertiary/aromatic N) is 4. The Morgan fingerprint density at radius 3 is 2.76 bits per heavy atom. The van der Waals surface area contributed by atoms with Crippen LogP contribution in [0.4, 0.5) is 5.82 Å². The van der Waals surface area contributed by atoms with Gasteiger partial charge in [-0.2, -0.15) is 9.97 Å². The number of aromatic nitrogens is 4. The smallest absolute Gasteiger partial charge is 0.342 e. The molecule has 0 radical (unpaired) electrons. The van der Waals surface area contributed by atoms with Crippen LogP contribution in [0.15, 0.2) is 6.33 Å². The van der Waals surface area contributed by atoms with Crippen molar-refractivity contribution >= 4 is 40.5 Å². The van der Waals surface area contributed by atoms with E-state index in [4.69, 9.17) is 38.3 Å². The standard InChI is InChI=1S/C20H23ClN6O7/c1-2-20(32)10(7-33-12(14(22)29)18(30)31)34-17(13(20)28)27-8-23-11-15(24-9-5-3-4-6-9)25-19(21)26-16(11)27/h1,8-10,12-13,17,28,32H,3-7H2,(H2,22,29)(H,30,31)(H,24,25,26)/t10-,12?,13+,17-,20-/m1/s1. The number of aliphatic carboxylic acids is 1. The average molecular weight is 495 g/mol. The fourth-order valence-corrected chi connectivity index (χ4v) is 4.38. The molecule has 1 unspecified atom stereocenters. The number of hydrogen-bond acceptors (Lipinski definition) is 10. The summed E-state index contributed by atoms with van der Waals surface area (Å²) in [5.74, 6) is -0.385. The van der Waals surface area contributed by atoms with Crippen LogP contribution in [-0.2, 0) is 19.1 Å². The van der Waals surface area contributed by atoms with Crippen LogP contribution in [0.1, 0.15) is 31.9 Å². The number of fused-ring (bicyclic) bond motifs is 1. The molecule has 0 spiro atoms. The monoisotopic (exact) mass is 494 g/mol. The molecule has 0 aromatic carbocycles. The van der Waals surface area contributed by atoms with Gasteiger partial charge >= 0.3 is 5.97 Å². The molecule has 14 heteroatoms.